The third-order valence-corrected chi connectivity index (χ3v) is 3.34. The number of nitrogens with one attached hydrogen (secondary N) is 1. The molecule has 20 heavy (non-hydrogen) atoms. The molecule has 1 aromatic rings. The molecule has 0 saturated carbocycles. The second kappa shape index (κ2) is 5.94. The SMILES string of the molecule is CCOC(=O)c1cc2c(c(C(=O)NC)c1)OC(CC)C2. The Labute approximate surface area is 118 Å². The Bertz CT molecular complexity index is 539. The molecule has 1 atom stereocenters. The van der Waals surface area contributed by atoms with Crippen molar-refractivity contribution >= 4 is 11.9 Å². The summed E-state index contributed by atoms with van der Waals surface area (Å²) in [6.07, 6.45) is 1.63. The molecule has 0 fully saturated rings. The van der Waals surface area contributed by atoms with Crippen LogP contribution in [0, 0.1) is 0 Å². The van der Waals surface area contributed by atoms with Gasteiger partial charge in [0.1, 0.15) is 11.9 Å². The van der Waals surface area contributed by atoms with Crippen molar-refractivity contribution in [3.63, 3.8) is 0 Å². The van der Waals surface area contributed by atoms with Crippen LogP contribution < -0.4 is 10.1 Å². The molecule has 108 valence electrons. The van der Waals surface area contributed by atoms with Gasteiger partial charge in [-0.2, -0.15) is 0 Å². The molecule has 0 aromatic heterocycles. The first kappa shape index (κ1) is 14.4. The highest BCUT2D eigenvalue weighted by atomic mass is 16.5. The molecule has 2 rings (SSSR count). The maximum Gasteiger partial charge on any atom is 0.338 e. The van der Waals surface area contributed by atoms with E-state index in [1.807, 2.05) is 6.92 Å². The molecular weight excluding hydrogens is 258 g/mol. The zero-order valence-electron chi connectivity index (χ0n) is 12.0. The van der Waals surface area contributed by atoms with Crippen molar-refractivity contribution < 1.29 is 19.1 Å². The minimum atomic E-state index is -0.416. The molecule has 1 aliphatic rings. The van der Waals surface area contributed by atoms with Gasteiger partial charge in [0.15, 0.2) is 0 Å². The summed E-state index contributed by atoms with van der Waals surface area (Å²) in [6.45, 7) is 4.09. The molecule has 0 bridgehead atoms. The van der Waals surface area contributed by atoms with Gasteiger partial charge in [-0.3, -0.25) is 4.79 Å². The van der Waals surface area contributed by atoms with Crippen molar-refractivity contribution in [1.29, 1.82) is 0 Å². The Kier molecular flexibility index (Phi) is 4.27. The maximum absolute atomic E-state index is 12.0. The van der Waals surface area contributed by atoms with E-state index < -0.39 is 5.97 Å². The first-order valence-electron chi connectivity index (χ1n) is 6.83. The molecule has 5 nitrogen and oxygen atoms in total. The summed E-state index contributed by atoms with van der Waals surface area (Å²) in [5, 5.41) is 2.57. The van der Waals surface area contributed by atoms with Crippen LogP contribution in [0.5, 0.6) is 5.75 Å². The number of carbonyl (C=O) groups is 2. The topological polar surface area (TPSA) is 64.6 Å². The van der Waals surface area contributed by atoms with E-state index in [1.54, 1.807) is 20.0 Å². The Morgan fingerprint density at radius 1 is 1.40 bits per heavy atom. The number of benzene rings is 1. The average Bonchev–Trinajstić information content (AvgIpc) is 2.88. The normalized spacial score (nSPS) is 16.2. The van der Waals surface area contributed by atoms with Crippen molar-refractivity contribution in [2.45, 2.75) is 32.8 Å². The molecule has 0 spiro atoms. The van der Waals surface area contributed by atoms with Gasteiger partial charge in [-0.25, -0.2) is 4.79 Å². The summed E-state index contributed by atoms with van der Waals surface area (Å²) >= 11 is 0. The first-order valence-corrected chi connectivity index (χ1v) is 6.83. The van der Waals surface area contributed by atoms with Crippen LogP contribution in [0.1, 0.15) is 46.5 Å². The summed E-state index contributed by atoms with van der Waals surface area (Å²) in [5.41, 5.74) is 1.68. The first-order chi connectivity index (χ1) is 9.60. The molecule has 1 heterocycles. The molecule has 5 heteroatoms. The number of fused-ring (bicyclic) bond motifs is 1. The molecule has 1 unspecified atom stereocenters. The summed E-state index contributed by atoms with van der Waals surface area (Å²) in [6, 6.07) is 3.29. The van der Waals surface area contributed by atoms with E-state index in [9.17, 15) is 9.59 Å². The van der Waals surface area contributed by atoms with Crippen LogP contribution in [-0.2, 0) is 11.2 Å². The Morgan fingerprint density at radius 3 is 2.75 bits per heavy atom. The van der Waals surface area contributed by atoms with Gasteiger partial charge in [-0.1, -0.05) is 6.92 Å². The molecule has 1 aliphatic heterocycles. The third-order valence-electron chi connectivity index (χ3n) is 3.34. The Hall–Kier alpha value is -2.04. The van der Waals surface area contributed by atoms with Gasteiger partial charge in [-0.15, -0.1) is 0 Å². The minimum Gasteiger partial charge on any atom is -0.489 e. The van der Waals surface area contributed by atoms with Gasteiger partial charge in [0.05, 0.1) is 17.7 Å². The fraction of sp³-hybridized carbons (Fsp3) is 0.467. The predicted octanol–water partition coefficient (Wildman–Crippen LogP) is 1.94. The summed E-state index contributed by atoms with van der Waals surface area (Å²) in [5.74, 6) is -0.0891. The smallest absolute Gasteiger partial charge is 0.338 e. The number of esters is 1. The van der Waals surface area contributed by atoms with Gasteiger partial charge in [0.25, 0.3) is 5.91 Å². The van der Waals surface area contributed by atoms with Gasteiger partial charge in [0, 0.05) is 13.5 Å². The lowest BCUT2D eigenvalue weighted by Gasteiger charge is -2.11. The lowest BCUT2D eigenvalue weighted by Crippen LogP contribution is -2.20. The highest BCUT2D eigenvalue weighted by molar-refractivity contribution is 6.00. The molecule has 0 aliphatic carbocycles. The average molecular weight is 277 g/mol. The van der Waals surface area contributed by atoms with Crippen molar-refractivity contribution in [2.24, 2.45) is 0 Å². The van der Waals surface area contributed by atoms with Crippen LogP contribution in [-0.4, -0.2) is 31.6 Å². The Balaban J connectivity index is 2.45. The zero-order chi connectivity index (χ0) is 14.7. The van der Waals surface area contributed by atoms with Gasteiger partial charge in [0.2, 0.25) is 0 Å². The number of hydrogen-bond donors (Lipinski definition) is 1. The summed E-state index contributed by atoms with van der Waals surface area (Å²) < 4.78 is 10.8. The number of hydrogen-bond acceptors (Lipinski definition) is 4. The molecule has 1 amide bonds. The van der Waals surface area contributed by atoms with Crippen molar-refractivity contribution in [3.05, 3.63) is 28.8 Å². The van der Waals surface area contributed by atoms with E-state index in [2.05, 4.69) is 5.32 Å². The second-order valence-corrected chi connectivity index (χ2v) is 4.66. The van der Waals surface area contributed by atoms with E-state index in [0.717, 1.165) is 12.0 Å². The molecule has 0 saturated heterocycles. The molecular formula is C15H19NO4. The molecule has 1 N–H and O–H groups in total. The summed E-state index contributed by atoms with van der Waals surface area (Å²) in [7, 11) is 1.55. The quantitative estimate of drug-likeness (QED) is 0.854. The van der Waals surface area contributed by atoms with Gasteiger partial charge >= 0.3 is 5.97 Å². The van der Waals surface area contributed by atoms with Crippen LogP contribution in [0.3, 0.4) is 0 Å². The zero-order valence-corrected chi connectivity index (χ0v) is 12.0. The van der Waals surface area contributed by atoms with E-state index in [0.29, 0.717) is 29.9 Å². The summed E-state index contributed by atoms with van der Waals surface area (Å²) in [4.78, 5) is 23.8. The van der Waals surface area contributed by atoms with Crippen LogP contribution in [0.4, 0.5) is 0 Å². The van der Waals surface area contributed by atoms with Gasteiger partial charge < -0.3 is 14.8 Å². The Morgan fingerprint density at radius 2 is 2.15 bits per heavy atom. The van der Waals surface area contributed by atoms with E-state index in [-0.39, 0.29) is 12.0 Å². The highest BCUT2D eigenvalue weighted by Gasteiger charge is 2.28. The van der Waals surface area contributed by atoms with E-state index in [4.69, 9.17) is 9.47 Å². The van der Waals surface area contributed by atoms with Crippen molar-refractivity contribution in [2.75, 3.05) is 13.7 Å². The van der Waals surface area contributed by atoms with Crippen molar-refractivity contribution in [1.82, 2.24) is 5.32 Å². The van der Waals surface area contributed by atoms with Crippen LogP contribution >= 0.6 is 0 Å². The maximum atomic E-state index is 12.0. The second-order valence-electron chi connectivity index (χ2n) is 4.66. The fourth-order valence-corrected chi connectivity index (χ4v) is 2.30. The van der Waals surface area contributed by atoms with Crippen LogP contribution in [0.25, 0.3) is 0 Å². The lowest BCUT2D eigenvalue weighted by molar-refractivity contribution is 0.0526. The predicted molar refractivity (Wildman–Crippen MR) is 74.2 cm³/mol. The molecule has 1 aromatic carbocycles. The number of carbonyl (C=O) groups excluding carboxylic acids is 2. The monoisotopic (exact) mass is 277 g/mol. The highest BCUT2D eigenvalue weighted by Crippen LogP contribution is 2.35. The number of rotatable bonds is 4. The van der Waals surface area contributed by atoms with E-state index >= 15 is 0 Å². The lowest BCUT2D eigenvalue weighted by atomic mass is 10.0. The standard InChI is InChI=1S/C15H19NO4/c1-4-11-7-9-6-10(15(18)19-5-2)8-12(13(9)20-11)14(17)16-3/h6,8,11H,4-5,7H2,1-3H3,(H,16,17). The third kappa shape index (κ3) is 2.61. The largest absolute Gasteiger partial charge is 0.489 e. The molecule has 0 radical (unpaired) electrons. The number of ether oxygens (including phenoxy) is 2. The number of amides is 1. The van der Waals surface area contributed by atoms with Crippen LogP contribution in [0.15, 0.2) is 12.1 Å². The van der Waals surface area contributed by atoms with Gasteiger partial charge in [-0.05, 0) is 31.0 Å². The minimum absolute atomic E-state index is 0.0610. The fourth-order valence-electron chi connectivity index (χ4n) is 2.30. The van der Waals surface area contributed by atoms with Crippen molar-refractivity contribution in [3.8, 4) is 5.75 Å². The van der Waals surface area contributed by atoms with Crippen LogP contribution in [0.2, 0.25) is 0 Å². The van der Waals surface area contributed by atoms with E-state index in [1.165, 1.54) is 6.07 Å².